The molecular weight excluding hydrogens is 230 g/mol. The second-order valence-corrected chi connectivity index (χ2v) is 4.85. The van der Waals surface area contributed by atoms with Gasteiger partial charge in [-0.2, -0.15) is 0 Å². The highest BCUT2D eigenvalue weighted by Crippen LogP contribution is 2.28. The number of hydrogen-bond donors (Lipinski definition) is 3. The molecule has 102 valence electrons. The summed E-state index contributed by atoms with van der Waals surface area (Å²) in [4.78, 5) is 0. The maximum Gasteiger partial charge on any atom is 0.120 e. The Morgan fingerprint density at radius 1 is 1.28 bits per heavy atom. The van der Waals surface area contributed by atoms with Crippen LogP contribution >= 0.6 is 0 Å². The van der Waals surface area contributed by atoms with E-state index < -0.39 is 0 Å². The predicted molar refractivity (Wildman–Crippen MR) is 71.9 cm³/mol. The van der Waals surface area contributed by atoms with E-state index in [0.717, 1.165) is 5.56 Å². The van der Waals surface area contributed by atoms with Gasteiger partial charge in [0.1, 0.15) is 11.5 Å². The van der Waals surface area contributed by atoms with Gasteiger partial charge in [0.05, 0.1) is 13.7 Å². The number of aromatic hydroxyl groups is 1. The number of nitrogens with one attached hydrogen (secondary N) is 1. The summed E-state index contributed by atoms with van der Waals surface area (Å²) in [5, 5.41) is 22.5. The van der Waals surface area contributed by atoms with Gasteiger partial charge in [-0.05, 0) is 31.0 Å². The van der Waals surface area contributed by atoms with Crippen molar-refractivity contribution in [2.24, 2.45) is 5.92 Å². The topological polar surface area (TPSA) is 61.7 Å². The summed E-state index contributed by atoms with van der Waals surface area (Å²) in [5.41, 5.74) is 0.772. The molecule has 0 spiro atoms. The highest BCUT2D eigenvalue weighted by atomic mass is 16.5. The second kappa shape index (κ2) is 6.61. The van der Waals surface area contributed by atoms with Gasteiger partial charge in [-0.25, -0.2) is 0 Å². The molecule has 4 heteroatoms. The second-order valence-electron chi connectivity index (χ2n) is 4.85. The zero-order valence-electron chi connectivity index (χ0n) is 11.5. The van der Waals surface area contributed by atoms with Crippen molar-refractivity contribution in [3.63, 3.8) is 0 Å². The first-order valence-electron chi connectivity index (χ1n) is 6.23. The Bertz CT molecular complexity index is 379. The fraction of sp³-hybridized carbons (Fsp3) is 0.571. The molecule has 0 aliphatic carbocycles. The number of rotatable bonds is 6. The number of phenolic OH excluding ortho intramolecular Hbond substituents is 1. The van der Waals surface area contributed by atoms with Crippen molar-refractivity contribution in [2.45, 2.75) is 32.9 Å². The number of aliphatic hydroxyl groups excluding tert-OH is 1. The van der Waals surface area contributed by atoms with Crippen LogP contribution in [0.2, 0.25) is 0 Å². The highest BCUT2D eigenvalue weighted by Gasteiger charge is 2.18. The largest absolute Gasteiger partial charge is 0.508 e. The van der Waals surface area contributed by atoms with Crippen molar-refractivity contribution in [3.8, 4) is 11.5 Å². The van der Waals surface area contributed by atoms with E-state index in [9.17, 15) is 10.2 Å². The van der Waals surface area contributed by atoms with Gasteiger partial charge in [0.2, 0.25) is 0 Å². The minimum absolute atomic E-state index is 0.00519. The fourth-order valence-corrected chi connectivity index (χ4v) is 1.87. The summed E-state index contributed by atoms with van der Waals surface area (Å²) in [6.45, 7) is 6.13. The third-order valence-electron chi connectivity index (χ3n) is 3.17. The van der Waals surface area contributed by atoms with E-state index in [1.54, 1.807) is 19.2 Å². The van der Waals surface area contributed by atoms with Crippen LogP contribution in [0.1, 0.15) is 32.4 Å². The maximum atomic E-state index is 9.87. The van der Waals surface area contributed by atoms with Gasteiger partial charge in [0.15, 0.2) is 0 Å². The van der Waals surface area contributed by atoms with E-state index in [1.807, 2.05) is 26.8 Å². The van der Waals surface area contributed by atoms with Crippen LogP contribution in [0.3, 0.4) is 0 Å². The van der Waals surface area contributed by atoms with Crippen LogP contribution in [0, 0.1) is 5.92 Å². The van der Waals surface area contributed by atoms with E-state index in [1.165, 1.54) is 0 Å². The van der Waals surface area contributed by atoms with Gasteiger partial charge < -0.3 is 20.3 Å². The van der Waals surface area contributed by atoms with Gasteiger partial charge in [-0.1, -0.05) is 13.8 Å². The van der Waals surface area contributed by atoms with E-state index in [-0.39, 0.29) is 24.4 Å². The summed E-state index contributed by atoms with van der Waals surface area (Å²) >= 11 is 0. The summed E-state index contributed by atoms with van der Waals surface area (Å²) in [6.07, 6.45) is 0. The van der Waals surface area contributed by atoms with Crippen LogP contribution in [-0.2, 0) is 0 Å². The zero-order chi connectivity index (χ0) is 13.7. The molecule has 0 bridgehead atoms. The molecule has 0 aliphatic rings. The maximum absolute atomic E-state index is 9.87. The Kier molecular flexibility index (Phi) is 5.44. The van der Waals surface area contributed by atoms with Crippen LogP contribution in [0.5, 0.6) is 11.5 Å². The van der Waals surface area contributed by atoms with Crippen LogP contribution in [-0.4, -0.2) is 30.0 Å². The van der Waals surface area contributed by atoms with Crippen molar-refractivity contribution in [1.82, 2.24) is 5.32 Å². The Balaban J connectivity index is 2.85. The lowest BCUT2D eigenvalue weighted by Crippen LogP contribution is -2.38. The summed E-state index contributed by atoms with van der Waals surface area (Å²) < 4.78 is 5.15. The van der Waals surface area contributed by atoms with Crippen LogP contribution < -0.4 is 10.1 Å². The fourth-order valence-electron chi connectivity index (χ4n) is 1.87. The number of ether oxygens (including phenoxy) is 1. The van der Waals surface area contributed by atoms with Gasteiger partial charge in [0.25, 0.3) is 0 Å². The molecule has 1 rings (SSSR count). The lowest BCUT2D eigenvalue weighted by molar-refractivity contribution is 0.201. The number of phenols is 1. The molecule has 0 aliphatic heterocycles. The first-order valence-corrected chi connectivity index (χ1v) is 6.23. The van der Waals surface area contributed by atoms with E-state index in [4.69, 9.17) is 4.74 Å². The molecule has 0 saturated carbocycles. The van der Waals surface area contributed by atoms with Crippen molar-refractivity contribution < 1.29 is 14.9 Å². The quantitative estimate of drug-likeness (QED) is 0.726. The Hall–Kier alpha value is -1.26. The summed E-state index contributed by atoms with van der Waals surface area (Å²) in [6, 6.07) is 5.10. The molecule has 0 amide bonds. The normalized spacial score (nSPS) is 14.6. The molecule has 0 fully saturated rings. The van der Waals surface area contributed by atoms with Gasteiger partial charge in [0, 0.05) is 17.6 Å². The smallest absolute Gasteiger partial charge is 0.120 e. The molecule has 18 heavy (non-hydrogen) atoms. The third kappa shape index (κ3) is 3.62. The molecule has 3 N–H and O–H groups in total. The summed E-state index contributed by atoms with van der Waals surface area (Å²) in [7, 11) is 1.60. The average molecular weight is 253 g/mol. The Morgan fingerprint density at radius 3 is 2.44 bits per heavy atom. The van der Waals surface area contributed by atoms with Crippen LogP contribution in [0.15, 0.2) is 18.2 Å². The summed E-state index contributed by atoms with van der Waals surface area (Å²) in [5.74, 6) is 1.27. The number of benzene rings is 1. The van der Waals surface area contributed by atoms with Crippen molar-refractivity contribution >= 4 is 0 Å². The van der Waals surface area contributed by atoms with Crippen molar-refractivity contribution in [3.05, 3.63) is 23.8 Å². The molecule has 2 atom stereocenters. The predicted octanol–water partition coefficient (Wildman–Crippen LogP) is 2.07. The van der Waals surface area contributed by atoms with Crippen molar-refractivity contribution in [2.75, 3.05) is 13.7 Å². The van der Waals surface area contributed by atoms with Crippen LogP contribution in [0.4, 0.5) is 0 Å². The first kappa shape index (κ1) is 14.8. The minimum Gasteiger partial charge on any atom is -0.508 e. The molecule has 4 nitrogen and oxygen atoms in total. The Labute approximate surface area is 109 Å². The molecule has 0 heterocycles. The van der Waals surface area contributed by atoms with Gasteiger partial charge in [-0.3, -0.25) is 0 Å². The van der Waals surface area contributed by atoms with E-state index >= 15 is 0 Å². The molecule has 1 aromatic rings. The SMILES string of the molecule is COc1ccc(O)c(C(C)N[C@H](CO)C(C)C)c1. The number of hydrogen-bond acceptors (Lipinski definition) is 4. The Morgan fingerprint density at radius 2 is 1.94 bits per heavy atom. The number of aliphatic hydroxyl groups is 1. The highest BCUT2D eigenvalue weighted by molar-refractivity contribution is 5.41. The molecule has 0 aromatic heterocycles. The minimum atomic E-state index is -0.0559. The van der Waals surface area contributed by atoms with E-state index in [2.05, 4.69) is 5.32 Å². The van der Waals surface area contributed by atoms with Gasteiger partial charge >= 0.3 is 0 Å². The number of methoxy groups -OCH3 is 1. The molecule has 0 saturated heterocycles. The van der Waals surface area contributed by atoms with Crippen molar-refractivity contribution in [1.29, 1.82) is 0 Å². The van der Waals surface area contributed by atoms with Crippen LogP contribution in [0.25, 0.3) is 0 Å². The molecular formula is C14H23NO3. The standard InChI is InChI=1S/C14H23NO3/c1-9(2)13(8-16)15-10(3)12-7-11(18-4)5-6-14(12)17/h5-7,9-10,13,15-17H,8H2,1-4H3/t10?,13-/m1/s1. The average Bonchev–Trinajstić information content (AvgIpc) is 2.35. The lowest BCUT2D eigenvalue weighted by Gasteiger charge is -2.25. The monoisotopic (exact) mass is 253 g/mol. The molecule has 0 radical (unpaired) electrons. The lowest BCUT2D eigenvalue weighted by atomic mass is 10.0. The first-order chi connectivity index (χ1) is 8.49. The molecule has 1 aromatic carbocycles. The zero-order valence-corrected chi connectivity index (χ0v) is 11.5. The van der Waals surface area contributed by atoms with E-state index in [0.29, 0.717) is 11.7 Å². The van der Waals surface area contributed by atoms with Gasteiger partial charge in [-0.15, -0.1) is 0 Å². The molecule has 1 unspecified atom stereocenters. The third-order valence-corrected chi connectivity index (χ3v) is 3.17.